The number of hydrogen-bond donors (Lipinski definition) is 2. The first-order valence-electron chi connectivity index (χ1n) is 10.5. The summed E-state index contributed by atoms with van der Waals surface area (Å²) in [5.41, 5.74) is 5.01. The maximum atomic E-state index is 12.5. The van der Waals surface area contributed by atoms with Crippen LogP contribution in [0.2, 0.25) is 5.02 Å². The van der Waals surface area contributed by atoms with E-state index in [1.54, 1.807) is 0 Å². The number of aromatic nitrogens is 2. The van der Waals surface area contributed by atoms with Crippen molar-refractivity contribution in [2.24, 2.45) is 0 Å². The summed E-state index contributed by atoms with van der Waals surface area (Å²) < 4.78 is 0. The van der Waals surface area contributed by atoms with Gasteiger partial charge in [0.15, 0.2) is 0 Å². The molecule has 4 rings (SSSR count). The average Bonchev–Trinajstić information content (AvgIpc) is 3.12. The Morgan fingerprint density at radius 2 is 2.04 bits per heavy atom. The van der Waals surface area contributed by atoms with Crippen LogP contribution in [0.1, 0.15) is 54.6 Å². The van der Waals surface area contributed by atoms with Gasteiger partial charge in [-0.3, -0.25) is 14.8 Å². The molecule has 150 valence electrons. The minimum atomic E-state index is 0.144. The number of likely N-dealkylation sites (tertiary alicyclic amines) is 1. The molecule has 2 aromatic rings. The molecule has 0 radical (unpaired) electrons. The Hall–Kier alpha value is -1.85. The number of H-pyrrole nitrogens is 1. The molecule has 1 amide bonds. The smallest absolute Gasteiger partial charge is 0.220 e. The summed E-state index contributed by atoms with van der Waals surface area (Å²) in [6, 6.07) is 8.27. The van der Waals surface area contributed by atoms with Crippen LogP contribution in [-0.4, -0.2) is 40.1 Å². The molecule has 2 N–H and O–H groups in total. The lowest BCUT2D eigenvalue weighted by atomic mass is 9.94. The van der Waals surface area contributed by atoms with E-state index < -0.39 is 0 Å². The van der Waals surface area contributed by atoms with Gasteiger partial charge in [0.1, 0.15) is 0 Å². The molecule has 0 unspecified atom stereocenters. The number of aryl methyl sites for hydroxylation is 2. The molecule has 6 heteroatoms. The third-order valence-corrected chi connectivity index (χ3v) is 6.17. The molecule has 1 atom stereocenters. The lowest BCUT2D eigenvalue weighted by molar-refractivity contribution is -0.122. The molecular formula is C22H29ClN4O. The number of aromatic amines is 1. The van der Waals surface area contributed by atoms with Crippen molar-refractivity contribution in [3.63, 3.8) is 0 Å². The van der Waals surface area contributed by atoms with Crippen molar-refractivity contribution in [2.75, 3.05) is 13.1 Å². The molecular weight excluding hydrogens is 372 g/mol. The number of piperidine rings is 1. The largest absolute Gasteiger partial charge is 0.352 e. The topological polar surface area (TPSA) is 61.0 Å². The van der Waals surface area contributed by atoms with Gasteiger partial charge in [0.05, 0.1) is 5.69 Å². The standard InChI is InChI=1S/C22H29ClN4O/c23-17-9-7-16(8-10-17)14-27-13-3-4-18(15-27)24-22(28)12-11-21-19-5-1-2-6-20(19)25-26-21/h7-10,18H,1-6,11-15H2,(H,24,28)(H,25,26)/t18-/m1/s1. The highest BCUT2D eigenvalue weighted by atomic mass is 35.5. The first-order valence-corrected chi connectivity index (χ1v) is 10.9. The molecule has 1 aliphatic heterocycles. The fourth-order valence-corrected chi connectivity index (χ4v) is 4.58. The number of rotatable bonds is 6. The van der Waals surface area contributed by atoms with E-state index in [4.69, 9.17) is 11.6 Å². The Balaban J connectivity index is 1.25. The van der Waals surface area contributed by atoms with Crippen LogP contribution in [0.3, 0.4) is 0 Å². The van der Waals surface area contributed by atoms with Crippen molar-refractivity contribution >= 4 is 17.5 Å². The van der Waals surface area contributed by atoms with E-state index in [0.717, 1.165) is 62.5 Å². The van der Waals surface area contributed by atoms with E-state index >= 15 is 0 Å². The SMILES string of the molecule is O=C(CCc1n[nH]c2c1CCCC2)N[C@@H]1CCCN(Cc2ccc(Cl)cc2)C1. The van der Waals surface area contributed by atoms with E-state index in [0.29, 0.717) is 6.42 Å². The number of benzene rings is 1. The molecule has 2 heterocycles. The van der Waals surface area contributed by atoms with Crippen LogP contribution >= 0.6 is 11.6 Å². The molecule has 28 heavy (non-hydrogen) atoms. The maximum absolute atomic E-state index is 12.5. The van der Waals surface area contributed by atoms with Gasteiger partial charge in [0, 0.05) is 42.7 Å². The Kier molecular flexibility index (Phi) is 6.33. The fourth-order valence-electron chi connectivity index (χ4n) is 4.45. The number of carbonyl (C=O) groups excluding carboxylic acids is 1. The Morgan fingerprint density at radius 3 is 2.89 bits per heavy atom. The molecule has 5 nitrogen and oxygen atoms in total. The van der Waals surface area contributed by atoms with Gasteiger partial charge in [-0.2, -0.15) is 5.10 Å². The quantitative estimate of drug-likeness (QED) is 0.777. The number of halogens is 1. The molecule has 1 aliphatic carbocycles. The lowest BCUT2D eigenvalue weighted by Crippen LogP contribution is -2.47. The molecule has 1 saturated heterocycles. The minimum absolute atomic E-state index is 0.144. The highest BCUT2D eigenvalue weighted by molar-refractivity contribution is 6.30. The van der Waals surface area contributed by atoms with Crippen LogP contribution < -0.4 is 5.32 Å². The van der Waals surface area contributed by atoms with E-state index in [9.17, 15) is 4.79 Å². The van der Waals surface area contributed by atoms with E-state index in [1.807, 2.05) is 12.1 Å². The summed E-state index contributed by atoms with van der Waals surface area (Å²) in [5, 5.41) is 11.6. The Morgan fingerprint density at radius 1 is 1.21 bits per heavy atom. The number of hydrogen-bond acceptors (Lipinski definition) is 3. The van der Waals surface area contributed by atoms with Crippen molar-refractivity contribution in [3.8, 4) is 0 Å². The molecule has 0 bridgehead atoms. The van der Waals surface area contributed by atoms with Gasteiger partial charge in [0.2, 0.25) is 5.91 Å². The third kappa shape index (κ3) is 4.95. The molecule has 2 aliphatic rings. The Bertz CT molecular complexity index is 801. The van der Waals surface area contributed by atoms with Gasteiger partial charge in [-0.25, -0.2) is 0 Å². The van der Waals surface area contributed by atoms with Crippen molar-refractivity contribution in [1.29, 1.82) is 0 Å². The van der Waals surface area contributed by atoms with Crippen LogP contribution in [0.25, 0.3) is 0 Å². The monoisotopic (exact) mass is 400 g/mol. The molecule has 1 aromatic carbocycles. The molecule has 1 aromatic heterocycles. The zero-order valence-electron chi connectivity index (χ0n) is 16.3. The van der Waals surface area contributed by atoms with Crippen LogP contribution in [0.15, 0.2) is 24.3 Å². The predicted octanol–water partition coefficient (Wildman–Crippen LogP) is 3.66. The first kappa shape index (κ1) is 19.5. The highest BCUT2D eigenvalue weighted by Crippen LogP contribution is 2.23. The van der Waals surface area contributed by atoms with Crippen molar-refractivity contribution in [3.05, 3.63) is 51.8 Å². The summed E-state index contributed by atoms with van der Waals surface area (Å²) >= 11 is 5.97. The second kappa shape index (κ2) is 9.10. The van der Waals surface area contributed by atoms with Gasteiger partial charge in [-0.05, 0) is 68.3 Å². The number of amides is 1. The number of fused-ring (bicyclic) bond motifs is 1. The maximum Gasteiger partial charge on any atom is 0.220 e. The lowest BCUT2D eigenvalue weighted by Gasteiger charge is -2.33. The molecule has 0 saturated carbocycles. The van der Waals surface area contributed by atoms with Crippen LogP contribution in [0, 0.1) is 0 Å². The van der Waals surface area contributed by atoms with Gasteiger partial charge >= 0.3 is 0 Å². The second-order valence-corrected chi connectivity index (χ2v) is 8.54. The number of nitrogens with zero attached hydrogens (tertiary/aromatic N) is 2. The van der Waals surface area contributed by atoms with Crippen LogP contribution in [-0.2, 0) is 30.6 Å². The van der Waals surface area contributed by atoms with E-state index in [2.05, 4.69) is 32.5 Å². The number of carbonyl (C=O) groups is 1. The summed E-state index contributed by atoms with van der Waals surface area (Å²) in [4.78, 5) is 14.9. The third-order valence-electron chi connectivity index (χ3n) is 5.92. The van der Waals surface area contributed by atoms with Crippen molar-refractivity contribution < 1.29 is 4.79 Å². The summed E-state index contributed by atoms with van der Waals surface area (Å²) in [6.07, 6.45) is 8.10. The predicted molar refractivity (Wildman–Crippen MR) is 111 cm³/mol. The van der Waals surface area contributed by atoms with Gasteiger partial charge in [0.25, 0.3) is 0 Å². The van der Waals surface area contributed by atoms with Gasteiger partial charge in [-0.15, -0.1) is 0 Å². The normalized spacial score (nSPS) is 20.0. The zero-order chi connectivity index (χ0) is 19.3. The van der Waals surface area contributed by atoms with Crippen molar-refractivity contribution in [1.82, 2.24) is 20.4 Å². The summed E-state index contributed by atoms with van der Waals surface area (Å²) in [5.74, 6) is 0.144. The minimum Gasteiger partial charge on any atom is -0.352 e. The van der Waals surface area contributed by atoms with Crippen LogP contribution in [0.4, 0.5) is 0 Å². The fraction of sp³-hybridized carbons (Fsp3) is 0.545. The average molecular weight is 401 g/mol. The zero-order valence-corrected chi connectivity index (χ0v) is 17.1. The molecule has 0 spiro atoms. The highest BCUT2D eigenvalue weighted by Gasteiger charge is 2.22. The van der Waals surface area contributed by atoms with Gasteiger partial charge in [-0.1, -0.05) is 23.7 Å². The van der Waals surface area contributed by atoms with Crippen molar-refractivity contribution in [2.45, 2.75) is 64.0 Å². The summed E-state index contributed by atoms with van der Waals surface area (Å²) in [7, 11) is 0. The second-order valence-electron chi connectivity index (χ2n) is 8.10. The van der Waals surface area contributed by atoms with E-state index in [1.165, 1.54) is 29.7 Å². The number of nitrogens with one attached hydrogen (secondary N) is 2. The molecule has 1 fully saturated rings. The first-order chi connectivity index (χ1) is 13.7. The summed E-state index contributed by atoms with van der Waals surface area (Å²) in [6.45, 7) is 2.89. The Labute approximate surface area is 171 Å². The van der Waals surface area contributed by atoms with Gasteiger partial charge < -0.3 is 5.32 Å². The van der Waals surface area contributed by atoms with E-state index in [-0.39, 0.29) is 11.9 Å². The van der Waals surface area contributed by atoms with Crippen LogP contribution in [0.5, 0.6) is 0 Å².